The van der Waals surface area contributed by atoms with Gasteiger partial charge in [-0.3, -0.25) is 9.69 Å². The highest BCUT2D eigenvalue weighted by Gasteiger charge is 2.35. The molecule has 3 aromatic rings. The van der Waals surface area contributed by atoms with Crippen molar-refractivity contribution in [2.24, 2.45) is 0 Å². The molecule has 160 valence electrons. The first kappa shape index (κ1) is 21.9. The normalized spacial score (nSPS) is 15.1. The van der Waals surface area contributed by atoms with Gasteiger partial charge in [0.15, 0.2) is 5.78 Å². The van der Waals surface area contributed by atoms with Crippen molar-refractivity contribution < 1.29 is 9.53 Å². The zero-order chi connectivity index (χ0) is 21.8. The Morgan fingerprint density at radius 2 is 1.42 bits per heavy atom. The molecule has 4 rings (SSSR count). The average molecular weight is 432 g/mol. The first-order chi connectivity index (χ1) is 15.0. The molecular weight excluding hydrogens is 401 g/mol. The van der Waals surface area contributed by atoms with Gasteiger partial charge >= 0.3 is 0 Å². The molecule has 0 spiro atoms. The van der Waals surface area contributed by atoms with Gasteiger partial charge in [0, 0.05) is 18.7 Å². The second-order valence-corrected chi connectivity index (χ2v) is 8.96. The van der Waals surface area contributed by atoms with E-state index in [0.29, 0.717) is 13.2 Å². The number of nitrogens with zero attached hydrogens (tertiary/aromatic N) is 1. The summed E-state index contributed by atoms with van der Waals surface area (Å²) >= 11 is 0. The molecule has 0 amide bonds. The van der Waals surface area contributed by atoms with Crippen LogP contribution in [0.3, 0.4) is 0 Å². The lowest BCUT2D eigenvalue weighted by Gasteiger charge is -2.39. The van der Waals surface area contributed by atoms with Gasteiger partial charge < -0.3 is 4.74 Å². The molecule has 0 radical (unpaired) electrons. The molecule has 1 unspecified atom stereocenters. The molecule has 0 aromatic heterocycles. The van der Waals surface area contributed by atoms with Gasteiger partial charge in [-0.05, 0) is 53.9 Å². The van der Waals surface area contributed by atoms with Gasteiger partial charge in [-0.15, -0.1) is 9.24 Å². The summed E-state index contributed by atoms with van der Waals surface area (Å²) in [6, 6.07) is 25.2. The van der Waals surface area contributed by atoms with Crippen LogP contribution in [0.2, 0.25) is 0 Å². The van der Waals surface area contributed by atoms with E-state index in [1.54, 1.807) is 0 Å². The van der Waals surface area contributed by atoms with E-state index in [1.807, 2.05) is 32.0 Å². The monoisotopic (exact) mass is 431 g/mol. The standard InChI is InChI=1S/C27H30NO2P/c1-27(2,28-14-16-30-17-15-28)26(29)25-5-3-4-24(18-25)23-12-10-22(11-13-23)21-8-6-20(19-31)7-9-21/h3-13,18H,14-17,19,31H2,1-2H3. The van der Waals surface area contributed by atoms with Crippen LogP contribution in [0.15, 0.2) is 72.8 Å². The number of carbonyl (C=O) groups excluding carboxylic acids is 1. The molecule has 3 aromatic carbocycles. The van der Waals surface area contributed by atoms with E-state index in [2.05, 4.69) is 68.7 Å². The fourth-order valence-electron chi connectivity index (χ4n) is 4.15. The molecule has 0 aliphatic carbocycles. The summed E-state index contributed by atoms with van der Waals surface area (Å²) in [4.78, 5) is 15.6. The Hall–Kier alpha value is -2.32. The summed E-state index contributed by atoms with van der Waals surface area (Å²) in [5.41, 5.74) is 6.11. The maximum Gasteiger partial charge on any atom is 0.182 e. The lowest BCUT2D eigenvalue weighted by molar-refractivity contribution is -0.00429. The average Bonchev–Trinajstić information content (AvgIpc) is 2.84. The number of ketones is 1. The molecule has 0 saturated carbocycles. The molecule has 0 bridgehead atoms. The predicted molar refractivity (Wildman–Crippen MR) is 132 cm³/mol. The van der Waals surface area contributed by atoms with Crippen molar-refractivity contribution in [2.45, 2.75) is 25.5 Å². The van der Waals surface area contributed by atoms with Crippen LogP contribution in [0.5, 0.6) is 0 Å². The highest BCUT2D eigenvalue weighted by molar-refractivity contribution is 7.15. The zero-order valence-corrected chi connectivity index (χ0v) is 19.5. The van der Waals surface area contributed by atoms with Gasteiger partial charge in [0.25, 0.3) is 0 Å². The van der Waals surface area contributed by atoms with Gasteiger partial charge in [0.2, 0.25) is 0 Å². The van der Waals surface area contributed by atoms with E-state index in [-0.39, 0.29) is 5.78 Å². The number of carbonyl (C=O) groups is 1. The van der Waals surface area contributed by atoms with Crippen molar-refractivity contribution in [3.63, 3.8) is 0 Å². The molecule has 0 N–H and O–H groups in total. The maximum atomic E-state index is 13.4. The molecule has 3 nitrogen and oxygen atoms in total. The van der Waals surface area contributed by atoms with Crippen LogP contribution in [0.1, 0.15) is 29.8 Å². The van der Waals surface area contributed by atoms with Gasteiger partial charge in [0.1, 0.15) is 0 Å². The smallest absolute Gasteiger partial charge is 0.182 e. The second kappa shape index (κ2) is 9.44. The summed E-state index contributed by atoms with van der Waals surface area (Å²) in [6.07, 6.45) is 0.969. The zero-order valence-electron chi connectivity index (χ0n) is 18.3. The lowest BCUT2D eigenvalue weighted by atomic mass is 9.89. The van der Waals surface area contributed by atoms with Crippen LogP contribution in [-0.2, 0) is 10.9 Å². The number of morpholine rings is 1. The largest absolute Gasteiger partial charge is 0.379 e. The summed E-state index contributed by atoms with van der Waals surface area (Å²) in [5, 5.41) is 0. The predicted octanol–water partition coefficient (Wildman–Crippen LogP) is 5.69. The first-order valence-corrected chi connectivity index (χ1v) is 11.7. The lowest BCUT2D eigenvalue weighted by Crippen LogP contribution is -2.54. The van der Waals surface area contributed by atoms with E-state index in [1.165, 1.54) is 16.7 Å². The Morgan fingerprint density at radius 1 is 0.871 bits per heavy atom. The Morgan fingerprint density at radius 3 is 2.00 bits per heavy atom. The van der Waals surface area contributed by atoms with E-state index in [4.69, 9.17) is 4.74 Å². The van der Waals surface area contributed by atoms with E-state index < -0.39 is 5.54 Å². The Kier molecular flexibility index (Phi) is 6.67. The molecular formula is C27H30NO2P. The number of benzene rings is 3. The van der Waals surface area contributed by atoms with Gasteiger partial charge in [0.05, 0.1) is 18.8 Å². The minimum Gasteiger partial charge on any atom is -0.379 e. The molecule has 4 heteroatoms. The fraction of sp³-hybridized carbons (Fsp3) is 0.296. The minimum atomic E-state index is -0.546. The van der Waals surface area contributed by atoms with Crippen molar-refractivity contribution in [1.82, 2.24) is 4.90 Å². The highest BCUT2D eigenvalue weighted by Crippen LogP contribution is 2.28. The second-order valence-electron chi connectivity index (χ2n) is 8.55. The van der Waals surface area contributed by atoms with Gasteiger partial charge in [-0.25, -0.2) is 0 Å². The van der Waals surface area contributed by atoms with Crippen LogP contribution in [0.4, 0.5) is 0 Å². The van der Waals surface area contributed by atoms with Gasteiger partial charge in [-0.1, -0.05) is 66.7 Å². The quantitative estimate of drug-likeness (QED) is 0.371. The van der Waals surface area contributed by atoms with Crippen LogP contribution in [0.25, 0.3) is 22.3 Å². The fourth-order valence-corrected chi connectivity index (χ4v) is 4.42. The van der Waals surface area contributed by atoms with Crippen molar-refractivity contribution >= 4 is 15.0 Å². The Balaban J connectivity index is 1.55. The van der Waals surface area contributed by atoms with E-state index >= 15 is 0 Å². The van der Waals surface area contributed by atoms with Crippen molar-refractivity contribution in [3.05, 3.63) is 83.9 Å². The summed E-state index contributed by atoms with van der Waals surface area (Å²) in [5.74, 6) is 0.155. The Labute approximate surface area is 187 Å². The third-order valence-electron chi connectivity index (χ3n) is 6.22. The summed E-state index contributed by atoms with van der Waals surface area (Å²) < 4.78 is 5.46. The molecule has 1 aliphatic rings. The number of hydrogen-bond acceptors (Lipinski definition) is 3. The van der Waals surface area contributed by atoms with Crippen LogP contribution < -0.4 is 0 Å². The number of Topliss-reactive ketones (excluding diaryl/α,β-unsaturated/α-hetero) is 1. The molecule has 1 fully saturated rings. The molecule has 1 aliphatic heterocycles. The maximum absolute atomic E-state index is 13.4. The van der Waals surface area contributed by atoms with Crippen molar-refractivity contribution in [1.29, 1.82) is 0 Å². The topological polar surface area (TPSA) is 29.5 Å². The third kappa shape index (κ3) is 4.80. The molecule has 1 heterocycles. The van der Waals surface area contributed by atoms with Crippen LogP contribution >= 0.6 is 9.24 Å². The van der Waals surface area contributed by atoms with Crippen molar-refractivity contribution in [3.8, 4) is 22.3 Å². The summed E-state index contributed by atoms with van der Waals surface area (Å²) in [7, 11) is 2.76. The number of rotatable bonds is 6. The first-order valence-electron chi connectivity index (χ1n) is 10.9. The van der Waals surface area contributed by atoms with Crippen LogP contribution in [0, 0.1) is 0 Å². The van der Waals surface area contributed by atoms with E-state index in [0.717, 1.165) is 35.9 Å². The highest BCUT2D eigenvalue weighted by atomic mass is 31.0. The van der Waals surface area contributed by atoms with Gasteiger partial charge in [-0.2, -0.15) is 0 Å². The van der Waals surface area contributed by atoms with Crippen LogP contribution in [-0.4, -0.2) is 42.5 Å². The number of ether oxygens (including phenoxy) is 1. The van der Waals surface area contributed by atoms with Crippen molar-refractivity contribution in [2.75, 3.05) is 26.3 Å². The molecule has 31 heavy (non-hydrogen) atoms. The third-order valence-corrected chi connectivity index (χ3v) is 6.69. The Bertz CT molecular complexity index is 1040. The number of hydrogen-bond donors (Lipinski definition) is 0. The summed E-state index contributed by atoms with van der Waals surface area (Å²) in [6.45, 7) is 6.98. The SMILES string of the molecule is CC(C)(C(=O)c1cccc(-c2ccc(-c3ccc(CP)cc3)cc2)c1)N1CCOCC1. The molecule has 1 atom stereocenters. The molecule has 1 saturated heterocycles. The minimum absolute atomic E-state index is 0.155. The van der Waals surface area contributed by atoms with E-state index in [9.17, 15) is 4.79 Å².